The SMILES string of the molecule is Cc1ccc(CNC(=O)C2CC2N)cn1. The van der Waals surface area contributed by atoms with Crippen LogP contribution in [0.5, 0.6) is 0 Å². The molecule has 0 spiro atoms. The van der Waals surface area contributed by atoms with Gasteiger partial charge in [0.2, 0.25) is 5.91 Å². The van der Waals surface area contributed by atoms with Gasteiger partial charge in [-0.2, -0.15) is 0 Å². The van der Waals surface area contributed by atoms with Crippen LogP contribution >= 0.6 is 0 Å². The topological polar surface area (TPSA) is 68.0 Å². The van der Waals surface area contributed by atoms with E-state index in [4.69, 9.17) is 5.73 Å². The van der Waals surface area contributed by atoms with Crippen molar-refractivity contribution in [1.82, 2.24) is 10.3 Å². The average molecular weight is 205 g/mol. The third-order valence-electron chi connectivity index (χ3n) is 2.62. The number of aryl methyl sites for hydroxylation is 1. The molecule has 1 saturated carbocycles. The van der Waals surface area contributed by atoms with Crippen LogP contribution in [0, 0.1) is 12.8 Å². The van der Waals surface area contributed by atoms with Gasteiger partial charge in [0.05, 0.1) is 5.92 Å². The smallest absolute Gasteiger partial charge is 0.225 e. The maximum Gasteiger partial charge on any atom is 0.225 e. The number of rotatable bonds is 3. The first-order valence-electron chi connectivity index (χ1n) is 5.11. The van der Waals surface area contributed by atoms with Gasteiger partial charge >= 0.3 is 0 Å². The van der Waals surface area contributed by atoms with Gasteiger partial charge in [-0.1, -0.05) is 6.07 Å². The van der Waals surface area contributed by atoms with Crippen LogP contribution in [-0.2, 0) is 11.3 Å². The molecule has 1 aromatic rings. The highest BCUT2D eigenvalue weighted by Crippen LogP contribution is 2.27. The molecule has 2 rings (SSSR count). The lowest BCUT2D eigenvalue weighted by Crippen LogP contribution is -2.26. The van der Waals surface area contributed by atoms with Crippen LogP contribution in [0.2, 0.25) is 0 Å². The number of nitrogens with one attached hydrogen (secondary N) is 1. The zero-order valence-corrected chi connectivity index (χ0v) is 8.73. The number of hydrogen-bond acceptors (Lipinski definition) is 3. The van der Waals surface area contributed by atoms with Crippen molar-refractivity contribution in [2.75, 3.05) is 0 Å². The zero-order valence-electron chi connectivity index (χ0n) is 8.73. The molecule has 80 valence electrons. The van der Waals surface area contributed by atoms with Gasteiger partial charge < -0.3 is 11.1 Å². The van der Waals surface area contributed by atoms with Gasteiger partial charge in [-0.05, 0) is 25.0 Å². The van der Waals surface area contributed by atoms with E-state index in [0.717, 1.165) is 17.7 Å². The fraction of sp³-hybridized carbons (Fsp3) is 0.455. The lowest BCUT2D eigenvalue weighted by molar-refractivity contribution is -0.122. The quantitative estimate of drug-likeness (QED) is 0.748. The fourth-order valence-electron chi connectivity index (χ4n) is 1.44. The molecule has 1 fully saturated rings. The van der Waals surface area contributed by atoms with Crippen molar-refractivity contribution in [1.29, 1.82) is 0 Å². The fourth-order valence-corrected chi connectivity index (χ4v) is 1.44. The van der Waals surface area contributed by atoms with Crippen LogP contribution in [0.15, 0.2) is 18.3 Å². The third kappa shape index (κ3) is 2.53. The second-order valence-electron chi connectivity index (χ2n) is 4.03. The lowest BCUT2D eigenvalue weighted by atomic mass is 10.2. The first kappa shape index (κ1) is 10.1. The summed E-state index contributed by atoms with van der Waals surface area (Å²) in [6.07, 6.45) is 2.60. The van der Waals surface area contributed by atoms with Crippen molar-refractivity contribution < 1.29 is 4.79 Å². The Balaban J connectivity index is 1.82. The van der Waals surface area contributed by atoms with Gasteiger partial charge in [0.25, 0.3) is 0 Å². The van der Waals surface area contributed by atoms with Crippen molar-refractivity contribution in [2.24, 2.45) is 11.7 Å². The summed E-state index contributed by atoms with van der Waals surface area (Å²) in [7, 11) is 0. The molecule has 0 aliphatic heterocycles. The molecule has 3 N–H and O–H groups in total. The summed E-state index contributed by atoms with van der Waals surface area (Å²) in [5, 5.41) is 2.85. The molecule has 1 amide bonds. The van der Waals surface area contributed by atoms with Gasteiger partial charge in [0.15, 0.2) is 0 Å². The Morgan fingerprint density at radius 1 is 1.67 bits per heavy atom. The van der Waals surface area contributed by atoms with E-state index in [1.54, 1.807) is 6.20 Å². The molecular weight excluding hydrogens is 190 g/mol. The van der Waals surface area contributed by atoms with Crippen molar-refractivity contribution >= 4 is 5.91 Å². The molecule has 1 aromatic heterocycles. The van der Waals surface area contributed by atoms with Crippen LogP contribution in [-0.4, -0.2) is 16.9 Å². The molecule has 1 aliphatic rings. The summed E-state index contributed by atoms with van der Waals surface area (Å²) in [6, 6.07) is 3.97. The molecule has 0 saturated heterocycles. The number of aromatic nitrogens is 1. The number of nitrogens with zero attached hydrogens (tertiary/aromatic N) is 1. The van der Waals surface area contributed by atoms with Crippen LogP contribution in [0.1, 0.15) is 17.7 Å². The summed E-state index contributed by atoms with van der Waals surface area (Å²) < 4.78 is 0. The van der Waals surface area contributed by atoms with E-state index >= 15 is 0 Å². The molecule has 4 heteroatoms. The summed E-state index contributed by atoms with van der Waals surface area (Å²) in [5.41, 5.74) is 7.58. The standard InChI is InChI=1S/C11H15N3O/c1-7-2-3-8(5-13-7)6-14-11(15)9-4-10(9)12/h2-3,5,9-10H,4,6,12H2,1H3,(H,14,15). The second kappa shape index (κ2) is 3.98. The minimum Gasteiger partial charge on any atom is -0.352 e. The Hall–Kier alpha value is -1.42. The molecule has 1 aliphatic carbocycles. The Kier molecular flexibility index (Phi) is 2.68. The number of hydrogen-bond donors (Lipinski definition) is 2. The number of nitrogens with two attached hydrogens (primary N) is 1. The van der Waals surface area contributed by atoms with E-state index < -0.39 is 0 Å². The highest BCUT2D eigenvalue weighted by Gasteiger charge is 2.39. The minimum absolute atomic E-state index is 0.0309. The Labute approximate surface area is 88.9 Å². The first-order chi connectivity index (χ1) is 7.16. The van der Waals surface area contributed by atoms with Gasteiger partial charge in [-0.25, -0.2) is 0 Å². The Morgan fingerprint density at radius 2 is 2.40 bits per heavy atom. The Morgan fingerprint density at radius 3 is 2.93 bits per heavy atom. The monoisotopic (exact) mass is 205 g/mol. The summed E-state index contributed by atoms with van der Waals surface area (Å²) in [6.45, 7) is 2.47. The van der Waals surface area contributed by atoms with E-state index in [9.17, 15) is 4.79 Å². The molecular formula is C11H15N3O. The van der Waals surface area contributed by atoms with Crippen molar-refractivity contribution in [3.8, 4) is 0 Å². The molecule has 0 bridgehead atoms. The molecule has 15 heavy (non-hydrogen) atoms. The predicted octanol–water partition coefficient (Wildman–Crippen LogP) is 0.353. The van der Waals surface area contributed by atoms with Gasteiger partial charge in [-0.3, -0.25) is 9.78 Å². The van der Waals surface area contributed by atoms with Crippen LogP contribution in [0.4, 0.5) is 0 Å². The van der Waals surface area contributed by atoms with Crippen LogP contribution in [0.25, 0.3) is 0 Å². The van der Waals surface area contributed by atoms with E-state index in [1.807, 2.05) is 19.1 Å². The second-order valence-corrected chi connectivity index (χ2v) is 4.03. The van der Waals surface area contributed by atoms with E-state index in [1.165, 1.54) is 0 Å². The van der Waals surface area contributed by atoms with Crippen molar-refractivity contribution in [3.63, 3.8) is 0 Å². The average Bonchev–Trinajstić information content (AvgIpc) is 2.94. The molecule has 0 radical (unpaired) electrons. The van der Waals surface area contributed by atoms with E-state index in [0.29, 0.717) is 6.54 Å². The lowest BCUT2D eigenvalue weighted by Gasteiger charge is -2.04. The largest absolute Gasteiger partial charge is 0.352 e. The van der Waals surface area contributed by atoms with Crippen LogP contribution in [0.3, 0.4) is 0 Å². The summed E-state index contributed by atoms with van der Waals surface area (Å²) in [4.78, 5) is 15.6. The molecule has 0 aromatic carbocycles. The molecule has 1 heterocycles. The molecule has 2 atom stereocenters. The Bertz CT molecular complexity index is 361. The number of carbonyl (C=O) groups excluding carboxylic acids is 1. The van der Waals surface area contributed by atoms with Crippen molar-refractivity contribution in [3.05, 3.63) is 29.6 Å². The highest BCUT2D eigenvalue weighted by atomic mass is 16.2. The summed E-state index contributed by atoms with van der Waals surface area (Å²) >= 11 is 0. The van der Waals surface area contributed by atoms with Gasteiger partial charge in [0, 0.05) is 24.5 Å². The molecule has 4 nitrogen and oxygen atoms in total. The summed E-state index contributed by atoms with van der Waals surface area (Å²) in [5.74, 6) is 0.0893. The number of carbonyl (C=O) groups is 1. The number of pyridine rings is 1. The van der Waals surface area contributed by atoms with Crippen molar-refractivity contribution in [2.45, 2.75) is 25.9 Å². The van der Waals surface area contributed by atoms with E-state index in [-0.39, 0.29) is 17.9 Å². The highest BCUT2D eigenvalue weighted by molar-refractivity contribution is 5.82. The normalized spacial score (nSPS) is 23.6. The maximum atomic E-state index is 11.4. The van der Waals surface area contributed by atoms with Gasteiger partial charge in [0.1, 0.15) is 0 Å². The minimum atomic E-state index is 0.0309. The van der Waals surface area contributed by atoms with Gasteiger partial charge in [-0.15, -0.1) is 0 Å². The molecule has 2 unspecified atom stereocenters. The van der Waals surface area contributed by atoms with E-state index in [2.05, 4.69) is 10.3 Å². The zero-order chi connectivity index (χ0) is 10.8. The third-order valence-corrected chi connectivity index (χ3v) is 2.62. The first-order valence-corrected chi connectivity index (χ1v) is 5.11. The maximum absolute atomic E-state index is 11.4. The number of amides is 1. The predicted molar refractivity (Wildman–Crippen MR) is 56.9 cm³/mol. The van der Waals surface area contributed by atoms with Crippen LogP contribution < -0.4 is 11.1 Å².